The zero-order valence-corrected chi connectivity index (χ0v) is 9.10. The molecule has 2 aromatic heterocycles. The summed E-state index contributed by atoms with van der Waals surface area (Å²) in [5.41, 5.74) is 6.34. The highest BCUT2D eigenvalue weighted by atomic mass is 32.2. The molecule has 72 valence electrons. The molecule has 14 heavy (non-hydrogen) atoms. The number of rotatable bonds is 2. The summed E-state index contributed by atoms with van der Waals surface area (Å²) in [6.07, 6.45) is 1.69. The number of anilines is 1. The highest BCUT2D eigenvalue weighted by Gasteiger charge is 2.03. The van der Waals surface area contributed by atoms with Crippen LogP contribution in [0.3, 0.4) is 0 Å². The van der Waals surface area contributed by atoms with Crippen LogP contribution in [-0.4, -0.2) is 15.2 Å². The predicted octanol–water partition coefficient (Wildman–Crippen LogP) is 1.97. The van der Waals surface area contributed by atoms with Crippen LogP contribution in [0.25, 0.3) is 0 Å². The minimum atomic E-state index is 0.712. The Balaban J connectivity index is 2.18. The Hall–Kier alpha value is -1.14. The Morgan fingerprint density at radius 3 is 2.93 bits per heavy atom. The molecule has 2 rings (SSSR count). The van der Waals surface area contributed by atoms with Crippen LogP contribution >= 0.6 is 23.1 Å². The fourth-order valence-electron chi connectivity index (χ4n) is 0.890. The summed E-state index contributed by atoms with van der Waals surface area (Å²) in [6.45, 7) is 1.93. The third-order valence-electron chi connectivity index (χ3n) is 1.46. The third kappa shape index (κ3) is 2.21. The first-order valence-electron chi connectivity index (χ1n) is 3.93. The highest BCUT2D eigenvalue weighted by Crippen LogP contribution is 2.28. The van der Waals surface area contributed by atoms with Crippen LogP contribution in [-0.2, 0) is 0 Å². The van der Waals surface area contributed by atoms with Crippen LogP contribution in [0.4, 0.5) is 5.69 Å². The fourth-order valence-corrected chi connectivity index (χ4v) is 2.66. The Morgan fingerprint density at radius 1 is 1.43 bits per heavy atom. The van der Waals surface area contributed by atoms with Crippen LogP contribution in [0.1, 0.15) is 5.01 Å². The molecule has 2 N–H and O–H groups in total. The standard InChI is InChI=1S/C8H8N4S2/c1-5-11-12-8(13-5)14-7-4-6(9)2-3-10-7/h2-4H,1H3,(H2,9,10). The van der Waals surface area contributed by atoms with Crippen molar-refractivity contribution in [3.63, 3.8) is 0 Å². The molecule has 6 heteroatoms. The first-order chi connectivity index (χ1) is 6.74. The number of pyridine rings is 1. The van der Waals surface area contributed by atoms with E-state index < -0.39 is 0 Å². The molecule has 0 amide bonds. The van der Waals surface area contributed by atoms with Gasteiger partial charge in [0.05, 0.1) is 0 Å². The molecule has 0 aliphatic carbocycles. The number of hydrogen-bond acceptors (Lipinski definition) is 6. The van der Waals surface area contributed by atoms with Crippen molar-refractivity contribution in [3.05, 3.63) is 23.3 Å². The van der Waals surface area contributed by atoms with E-state index in [9.17, 15) is 0 Å². The molecule has 0 aliphatic rings. The number of hydrogen-bond donors (Lipinski definition) is 1. The molecule has 0 fully saturated rings. The average Bonchev–Trinajstić information content (AvgIpc) is 2.51. The maximum atomic E-state index is 5.63. The summed E-state index contributed by atoms with van der Waals surface area (Å²) < 4.78 is 0.889. The Labute approximate surface area is 89.6 Å². The molecule has 0 bridgehead atoms. The lowest BCUT2D eigenvalue weighted by Crippen LogP contribution is -1.86. The van der Waals surface area contributed by atoms with Gasteiger partial charge in [-0.3, -0.25) is 0 Å². The van der Waals surface area contributed by atoms with E-state index in [1.807, 2.05) is 13.0 Å². The molecular formula is C8H8N4S2. The van der Waals surface area contributed by atoms with Crippen molar-refractivity contribution in [3.8, 4) is 0 Å². The summed E-state index contributed by atoms with van der Waals surface area (Å²) >= 11 is 3.02. The third-order valence-corrected chi connectivity index (χ3v) is 3.28. The topological polar surface area (TPSA) is 64.7 Å². The van der Waals surface area contributed by atoms with Gasteiger partial charge in [0.2, 0.25) is 0 Å². The van der Waals surface area contributed by atoms with E-state index in [-0.39, 0.29) is 0 Å². The maximum absolute atomic E-state index is 5.63. The summed E-state index contributed by atoms with van der Waals surface area (Å²) in [5, 5.41) is 9.72. The van der Waals surface area contributed by atoms with Gasteiger partial charge in [0, 0.05) is 11.9 Å². The molecule has 0 saturated heterocycles. The van der Waals surface area contributed by atoms with Crippen LogP contribution < -0.4 is 5.73 Å². The first-order valence-corrected chi connectivity index (χ1v) is 5.57. The van der Waals surface area contributed by atoms with Crippen molar-refractivity contribution in [2.45, 2.75) is 16.3 Å². The molecular weight excluding hydrogens is 216 g/mol. The van der Waals surface area contributed by atoms with Crippen LogP contribution in [0.5, 0.6) is 0 Å². The molecule has 0 aliphatic heterocycles. The van der Waals surface area contributed by atoms with Gasteiger partial charge in [0.1, 0.15) is 10.0 Å². The van der Waals surface area contributed by atoms with Crippen LogP contribution in [0.15, 0.2) is 27.7 Å². The van der Waals surface area contributed by atoms with Crippen molar-refractivity contribution in [1.82, 2.24) is 15.2 Å². The predicted molar refractivity (Wildman–Crippen MR) is 57.4 cm³/mol. The largest absolute Gasteiger partial charge is 0.399 e. The van der Waals surface area contributed by atoms with E-state index in [1.54, 1.807) is 23.6 Å². The van der Waals surface area contributed by atoms with Gasteiger partial charge >= 0.3 is 0 Å². The van der Waals surface area contributed by atoms with Crippen molar-refractivity contribution in [1.29, 1.82) is 0 Å². The average molecular weight is 224 g/mol. The summed E-state index contributed by atoms with van der Waals surface area (Å²) in [7, 11) is 0. The molecule has 0 saturated carbocycles. The van der Waals surface area contributed by atoms with E-state index in [0.717, 1.165) is 14.4 Å². The maximum Gasteiger partial charge on any atom is 0.180 e. The summed E-state index contributed by atoms with van der Waals surface area (Å²) in [6, 6.07) is 3.58. The number of aryl methyl sites for hydroxylation is 1. The van der Waals surface area contributed by atoms with Crippen molar-refractivity contribution in [2.75, 3.05) is 5.73 Å². The second kappa shape index (κ2) is 3.93. The Morgan fingerprint density at radius 2 is 2.29 bits per heavy atom. The van der Waals surface area contributed by atoms with E-state index in [4.69, 9.17) is 5.73 Å². The van der Waals surface area contributed by atoms with E-state index >= 15 is 0 Å². The lowest BCUT2D eigenvalue weighted by molar-refractivity contribution is 0.981. The van der Waals surface area contributed by atoms with Gasteiger partial charge in [-0.25, -0.2) is 4.98 Å². The molecule has 0 radical (unpaired) electrons. The first kappa shape index (κ1) is 9.42. The van der Waals surface area contributed by atoms with Crippen LogP contribution in [0.2, 0.25) is 0 Å². The second-order valence-electron chi connectivity index (χ2n) is 2.62. The zero-order valence-electron chi connectivity index (χ0n) is 7.47. The van der Waals surface area contributed by atoms with Gasteiger partial charge in [-0.05, 0) is 30.8 Å². The van der Waals surface area contributed by atoms with Crippen molar-refractivity contribution < 1.29 is 0 Å². The highest BCUT2D eigenvalue weighted by molar-refractivity contribution is 8.01. The second-order valence-corrected chi connectivity index (χ2v) is 5.07. The van der Waals surface area contributed by atoms with E-state index in [2.05, 4.69) is 15.2 Å². The number of aromatic nitrogens is 3. The molecule has 0 atom stereocenters. The smallest absolute Gasteiger partial charge is 0.180 e. The van der Waals surface area contributed by atoms with Gasteiger partial charge in [-0.1, -0.05) is 11.3 Å². The van der Waals surface area contributed by atoms with Crippen molar-refractivity contribution in [2.24, 2.45) is 0 Å². The quantitative estimate of drug-likeness (QED) is 0.845. The number of nitrogens with two attached hydrogens (primary N) is 1. The summed E-state index contributed by atoms with van der Waals surface area (Å²) in [5.74, 6) is 0. The van der Waals surface area contributed by atoms with Crippen LogP contribution in [0, 0.1) is 6.92 Å². The van der Waals surface area contributed by atoms with E-state index in [1.165, 1.54) is 11.8 Å². The molecule has 0 aromatic carbocycles. The minimum absolute atomic E-state index is 0.712. The van der Waals surface area contributed by atoms with Gasteiger partial charge in [-0.15, -0.1) is 10.2 Å². The van der Waals surface area contributed by atoms with Gasteiger partial charge in [0.15, 0.2) is 4.34 Å². The fraction of sp³-hybridized carbons (Fsp3) is 0.125. The van der Waals surface area contributed by atoms with E-state index in [0.29, 0.717) is 5.69 Å². The molecule has 4 nitrogen and oxygen atoms in total. The monoisotopic (exact) mass is 224 g/mol. The lowest BCUT2D eigenvalue weighted by atomic mass is 10.4. The molecule has 2 aromatic rings. The molecule has 0 unspecified atom stereocenters. The normalized spacial score (nSPS) is 10.4. The Kier molecular flexibility index (Phi) is 2.64. The molecule has 0 spiro atoms. The lowest BCUT2D eigenvalue weighted by Gasteiger charge is -1.96. The SMILES string of the molecule is Cc1nnc(Sc2cc(N)ccn2)s1. The Bertz CT molecular complexity index is 440. The summed E-state index contributed by atoms with van der Waals surface area (Å²) in [4.78, 5) is 4.17. The zero-order chi connectivity index (χ0) is 9.97. The molecule has 2 heterocycles. The minimum Gasteiger partial charge on any atom is -0.399 e. The number of nitrogens with zero attached hydrogens (tertiary/aromatic N) is 3. The number of nitrogen functional groups attached to an aromatic ring is 1. The van der Waals surface area contributed by atoms with Gasteiger partial charge in [-0.2, -0.15) is 0 Å². The van der Waals surface area contributed by atoms with Gasteiger partial charge < -0.3 is 5.73 Å². The van der Waals surface area contributed by atoms with Crippen molar-refractivity contribution >= 4 is 28.8 Å². The van der Waals surface area contributed by atoms with Gasteiger partial charge in [0.25, 0.3) is 0 Å².